The molecule has 0 spiro atoms. The largest absolute Gasteiger partial charge is 0.462 e. The van der Waals surface area contributed by atoms with Gasteiger partial charge in [-0.15, -0.1) is 0 Å². The van der Waals surface area contributed by atoms with Crippen LogP contribution in [0.25, 0.3) is 22.3 Å². The molecule has 2 unspecified atom stereocenters. The molecule has 3 fully saturated rings. The molecular weight excluding hydrogens is 575 g/mol. The standard InChI is InChI=1S/C26H26F7N7O2/c1-11-5-17(41)36-21(18(11)26(31,32)33)22-19(27)20-14(6-34-22)23(40-7-12-3-4-13(8-40)35-12)38-24(37-20)42-10-16-15(9-39(16)2)25(28,29)30/h5-6,12-13,15-16,35H,3-4,7-10H2,1-2H3,(H,36,41)/t12?,13?,15-,16-/m1/s1. The topological polar surface area (TPSA) is 99.3 Å². The summed E-state index contributed by atoms with van der Waals surface area (Å²) in [7, 11) is 1.51. The van der Waals surface area contributed by atoms with E-state index in [1.165, 1.54) is 11.9 Å². The number of nitrogens with zero attached hydrogens (tertiary/aromatic N) is 5. The number of piperazine rings is 1. The lowest BCUT2D eigenvalue weighted by atomic mass is 9.89. The zero-order valence-electron chi connectivity index (χ0n) is 22.4. The number of aryl methyl sites for hydroxylation is 1. The molecule has 0 radical (unpaired) electrons. The van der Waals surface area contributed by atoms with Crippen molar-refractivity contribution < 1.29 is 35.5 Å². The minimum absolute atomic E-state index is 0.0855. The fourth-order valence-electron chi connectivity index (χ4n) is 6.16. The van der Waals surface area contributed by atoms with Gasteiger partial charge >= 0.3 is 18.4 Å². The number of halogens is 7. The summed E-state index contributed by atoms with van der Waals surface area (Å²) in [5.74, 6) is -2.69. The Morgan fingerprint density at radius 3 is 2.38 bits per heavy atom. The van der Waals surface area contributed by atoms with Gasteiger partial charge in [0.25, 0.3) is 0 Å². The number of aromatic nitrogens is 4. The quantitative estimate of drug-likeness (QED) is 0.428. The lowest BCUT2D eigenvalue weighted by Gasteiger charge is -2.46. The van der Waals surface area contributed by atoms with Crippen LogP contribution in [0.5, 0.6) is 6.01 Å². The van der Waals surface area contributed by atoms with Crippen LogP contribution >= 0.6 is 0 Å². The second-order valence-corrected chi connectivity index (χ2v) is 11.1. The SMILES string of the molecule is Cc1cc(=O)[nH]c(-c2ncc3c(N4CC5CCC(C4)N5)nc(OC[C@@H]4[C@H](C(F)(F)F)CN4C)nc3c2F)c1C(F)(F)F. The molecule has 9 nitrogen and oxygen atoms in total. The Kier molecular flexibility index (Phi) is 6.83. The molecule has 6 rings (SSSR count). The average molecular weight is 602 g/mol. The maximum atomic E-state index is 16.2. The highest BCUT2D eigenvalue weighted by molar-refractivity contribution is 5.92. The molecule has 3 aromatic rings. The molecule has 2 N–H and O–H groups in total. The highest BCUT2D eigenvalue weighted by atomic mass is 19.4. The number of likely N-dealkylation sites (N-methyl/N-ethyl adjacent to an activating group) is 1. The number of ether oxygens (including phenoxy) is 1. The van der Waals surface area contributed by atoms with Crippen molar-refractivity contribution >= 4 is 16.7 Å². The van der Waals surface area contributed by atoms with Crippen LogP contribution in [0.2, 0.25) is 0 Å². The van der Waals surface area contributed by atoms with Crippen molar-refractivity contribution in [1.29, 1.82) is 0 Å². The number of hydrogen-bond acceptors (Lipinski definition) is 8. The Balaban J connectivity index is 1.46. The lowest BCUT2D eigenvalue weighted by Crippen LogP contribution is -2.61. The van der Waals surface area contributed by atoms with Crippen LogP contribution in [0.3, 0.4) is 0 Å². The number of aromatic amines is 1. The fourth-order valence-corrected chi connectivity index (χ4v) is 6.16. The van der Waals surface area contributed by atoms with Gasteiger partial charge in [-0.3, -0.25) is 14.7 Å². The molecule has 3 aliphatic heterocycles. The highest BCUT2D eigenvalue weighted by Crippen LogP contribution is 2.41. The number of anilines is 1. The summed E-state index contributed by atoms with van der Waals surface area (Å²) in [4.78, 5) is 30.0. The molecule has 226 valence electrons. The van der Waals surface area contributed by atoms with E-state index < -0.39 is 76.3 Å². The second kappa shape index (κ2) is 10.0. The van der Waals surface area contributed by atoms with Gasteiger partial charge in [0.05, 0.1) is 28.6 Å². The third-order valence-electron chi connectivity index (χ3n) is 8.24. The Hall–Kier alpha value is -3.53. The maximum absolute atomic E-state index is 16.2. The van der Waals surface area contributed by atoms with Gasteiger partial charge in [-0.25, -0.2) is 4.39 Å². The molecule has 4 atom stereocenters. The van der Waals surface area contributed by atoms with Crippen molar-refractivity contribution in [2.45, 2.75) is 50.2 Å². The van der Waals surface area contributed by atoms with E-state index in [0.717, 1.165) is 32.0 Å². The van der Waals surface area contributed by atoms with Crippen molar-refractivity contribution in [1.82, 2.24) is 30.2 Å². The van der Waals surface area contributed by atoms with Crippen LogP contribution in [-0.4, -0.2) is 82.4 Å². The summed E-state index contributed by atoms with van der Waals surface area (Å²) in [6, 6.07) is -0.444. The highest BCUT2D eigenvalue weighted by Gasteiger charge is 2.53. The van der Waals surface area contributed by atoms with Crippen molar-refractivity contribution in [3.05, 3.63) is 39.6 Å². The van der Waals surface area contributed by atoms with E-state index >= 15 is 4.39 Å². The first-order valence-corrected chi connectivity index (χ1v) is 13.3. The Labute approximate surface area is 234 Å². The lowest BCUT2D eigenvalue weighted by molar-refractivity contribution is -0.230. The first kappa shape index (κ1) is 28.6. The third-order valence-corrected chi connectivity index (χ3v) is 8.24. The molecule has 0 amide bonds. The number of pyridine rings is 2. The average Bonchev–Trinajstić information content (AvgIpc) is 3.22. The molecule has 0 aliphatic carbocycles. The summed E-state index contributed by atoms with van der Waals surface area (Å²) in [5, 5.41) is 3.53. The number of alkyl halides is 6. The van der Waals surface area contributed by atoms with Crippen LogP contribution in [0.4, 0.5) is 36.6 Å². The number of fused-ring (bicyclic) bond motifs is 3. The van der Waals surface area contributed by atoms with Gasteiger partial charge in [0.2, 0.25) is 5.56 Å². The predicted octanol–water partition coefficient (Wildman–Crippen LogP) is 3.66. The number of likely N-dealkylation sites (tertiary alicyclic amines) is 1. The summed E-state index contributed by atoms with van der Waals surface area (Å²) in [6.45, 7) is 1.40. The van der Waals surface area contributed by atoms with Crippen LogP contribution in [0, 0.1) is 18.7 Å². The van der Waals surface area contributed by atoms with Crippen molar-refractivity contribution in [2.24, 2.45) is 5.92 Å². The van der Waals surface area contributed by atoms with Crippen LogP contribution in [-0.2, 0) is 6.18 Å². The normalized spacial score (nSPS) is 24.7. The van der Waals surface area contributed by atoms with Crippen LogP contribution in [0.1, 0.15) is 24.0 Å². The Morgan fingerprint density at radius 1 is 1.07 bits per heavy atom. The molecular formula is C26H26F7N7O2. The summed E-state index contributed by atoms with van der Waals surface area (Å²) in [6.07, 6.45) is -6.45. The van der Waals surface area contributed by atoms with Crippen LogP contribution in [0.15, 0.2) is 17.1 Å². The van der Waals surface area contributed by atoms with E-state index in [2.05, 4.69) is 25.3 Å². The molecule has 16 heteroatoms. The van der Waals surface area contributed by atoms with Crippen molar-refractivity contribution in [3.63, 3.8) is 0 Å². The number of rotatable bonds is 5. The number of H-pyrrole nitrogens is 1. The van der Waals surface area contributed by atoms with E-state index in [1.807, 2.05) is 4.90 Å². The minimum Gasteiger partial charge on any atom is -0.462 e. The molecule has 0 aromatic carbocycles. The Bertz CT molecular complexity index is 1580. The van der Waals surface area contributed by atoms with E-state index in [1.54, 1.807) is 0 Å². The zero-order valence-corrected chi connectivity index (χ0v) is 22.4. The van der Waals surface area contributed by atoms with Gasteiger partial charge in [-0.2, -0.15) is 36.3 Å². The van der Waals surface area contributed by atoms with Crippen molar-refractivity contribution in [3.8, 4) is 17.4 Å². The van der Waals surface area contributed by atoms with E-state index in [4.69, 9.17) is 4.74 Å². The second-order valence-electron chi connectivity index (χ2n) is 11.1. The molecule has 3 aromatic heterocycles. The number of nitrogens with one attached hydrogen (secondary N) is 2. The molecule has 2 bridgehead atoms. The number of hydrogen-bond donors (Lipinski definition) is 2. The van der Waals surface area contributed by atoms with E-state index in [0.29, 0.717) is 13.1 Å². The molecule has 42 heavy (non-hydrogen) atoms. The monoisotopic (exact) mass is 601 g/mol. The summed E-state index contributed by atoms with van der Waals surface area (Å²) >= 11 is 0. The van der Waals surface area contributed by atoms with Gasteiger partial charge in [0.1, 0.15) is 23.6 Å². The molecule has 3 aliphatic rings. The molecule has 6 heterocycles. The van der Waals surface area contributed by atoms with E-state index in [9.17, 15) is 31.1 Å². The maximum Gasteiger partial charge on any atom is 0.418 e. The molecule has 0 saturated carbocycles. The third kappa shape index (κ3) is 5.03. The summed E-state index contributed by atoms with van der Waals surface area (Å²) < 4.78 is 104. The van der Waals surface area contributed by atoms with Gasteiger partial charge in [-0.05, 0) is 32.4 Å². The van der Waals surface area contributed by atoms with Gasteiger partial charge in [0.15, 0.2) is 5.82 Å². The van der Waals surface area contributed by atoms with Crippen molar-refractivity contribution in [2.75, 3.05) is 38.2 Å². The Morgan fingerprint density at radius 2 is 1.76 bits per heavy atom. The van der Waals surface area contributed by atoms with Gasteiger partial charge < -0.3 is 19.9 Å². The smallest absolute Gasteiger partial charge is 0.418 e. The van der Waals surface area contributed by atoms with Gasteiger partial charge in [0, 0.05) is 44.0 Å². The summed E-state index contributed by atoms with van der Waals surface area (Å²) in [5.41, 5.74) is -4.65. The minimum atomic E-state index is -4.94. The van der Waals surface area contributed by atoms with Crippen LogP contribution < -0.4 is 20.5 Å². The zero-order chi connectivity index (χ0) is 30.1. The fraction of sp³-hybridized carbons (Fsp3) is 0.538. The van der Waals surface area contributed by atoms with E-state index in [-0.39, 0.29) is 29.8 Å². The predicted molar refractivity (Wildman–Crippen MR) is 137 cm³/mol. The van der Waals surface area contributed by atoms with Gasteiger partial charge in [-0.1, -0.05) is 0 Å². The first-order chi connectivity index (χ1) is 19.7. The first-order valence-electron chi connectivity index (χ1n) is 13.3. The molecule has 3 saturated heterocycles.